The van der Waals surface area contributed by atoms with E-state index < -0.39 is 102 Å². The quantitative estimate of drug-likeness (QED) is 0.266. The first kappa shape index (κ1) is 45.1. The van der Waals surface area contributed by atoms with Crippen LogP contribution >= 0.6 is 0 Å². The van der Waals surface area contributed by atoms with Gasteiger partial charge >= 0.3 is 5.97 Å². The molecule has 14 heteroatoms. The van der Waals surface area contributed by atoms with Gasteiger partial charge in [0.25, 0.3) is 0 Å². The van der Waals surface area contributed by atoms with E-state index in [0.717, 1.165) is 0 Å². The van der Waals surface area contributed by atoms with Crippen LogP contribution in [0.25, 0.3) is 0 Å². The molecule has 3 aliphatic heterocycles. The topological polar surface area (TPSA) is 183 Å². The number of Topliss-reactive ketones (excluding diaryl/α,β-unsaturated/α-hetero) is 1. The van der Waals surface area contributed by atoms with Crippen molar-refractivity contribution in [3.8, 4) is 0 Å². The molecule has 3 heterocycles. The molecule has 0 spiro atoms. The number of likely N-dealkylation sites (N-methyl/N-ethyl adjacent to an activating group) is 1. The van der Waals surface area contributed by atoms with E-state index in [-0.39, 0.29) is 37.2 Å². The summed E-state index contributed by atoms with van der Waals surface area (Å²) in [6.45, 7) is 17.1. The van der Waals surface area contributed by atoms with Crippen molar-refractivity contribution in [2.45, 2.75) is 179 Å². The molecule has 0 aromatic rings. The summed E-state index contributed by atoms with van der Waals surface area (Å²) in [6.07, 6.45) is -8.73. The number of hydrogen-bond donors (Lipinski definition) is 4. The number of carbonyl (C=O) groups excluding carboxylic acids is 2. The Morgan fingerprint density at radius 1 is 0.846 bits per heavy atom. The molecule has 0 radical (unpaired) electrons. The number of cyclic esters (lactones) is 1. The first-order valence-electron chi connectivity index (χ1n) is 18.9. The lowest BCUT2D eigenvalue weighted by molar-refractivity contribution is -0.319. The maximum absolute atomic E-state index is 14.2. The van der Waals surface area contributed by atoms with Gasteiger partial charge in [-0.2, -0.15) is 0 Å². The number of rotatable bonds is 8. The van der Waals surface area contributed by atoms with Gasteiger partial charge in [0.15, 0.2) is 12.6 Å². The van der Waals surface area contributed by atoms with Crippen LogP contribution in [0.4, 0.5) is 0 Å². The van der Waals surface area contributed by atoms with E-state index in [2.05, 4.69) is 0 Å². The van der Waals surface area contributed by atoms with Gasteiger partial charge in [-0.05, 0) is 74.9 Å². The molecule has 6 unspecified atom stereocenters. The summed E-state index contributed by atoms with van der Waals surface area (Å²) in [5.41, 5.74) is -4.24. The molecule has 0 aromatic carbocycles. The standard InChI is InChI=1S/C38H69NO13/c1-15-26-38(10,45)31(42)21(4)28(40)19(2)17-37(9,47-14)33(52-35-29(41)25(39(11)12)16-20(3)48-35)22(5)30(23(6)34(44)50-26)51-27-18-36(8,46-13)32(43)24(7)49-27/h19-27,29-33,35,41-43,45H,15-18H2,1-14H3/t19-,20?,21+,22+,23-,24?,25?,26-,27+,29?,30+,31?,32+,33-,35+,36?,37-,38-/m1/s1. The summed E-state index contributed by atoms with van der Waals surface area (Å²) < 4.78 is 43.9. The minimum Gasteiger partial charge on any atom is -0.459 e. The Labute approximate surface area is 310 Å². The van der Waals surface area contributed by atoms with Gasteiger partial charge in [0.2, 0.25) is 0 Å². The predicted molar refractivity (Wildman–Crippen MR) is 191 cm³/mol. The van der Waals surface area contributed by atoms with Crippen molar-refractivity contribution in [2.24, 2.45) is 23.7 Å². The van der Waals surface area contributed by atoms with Crippen LogP contribution in [0.5, 0.6) is 0 Å². The number of ketones is 1. The number of carbonyl (C=O) groups is 2. The fraction of sp³-hybridized carbons (Fsp3) is 0.947. The van der Waals surface area contributed by atoms with Gasteiger partial charge in [0.1, 0.15) is 29.7 Å². The summed E-state index contributed by atoms with van der Waals surface area (Å²) in [7, 11) is 6.77. The van der Waals surface area contributed by atoms with Crippen LogP contribution < -0.4 is 0 Å². The smallest absolute Gasteiger partial charge is 0.311 e. The zero-order valence-electron chi connectivity index (χ0n) is 33.9. The SMILES string of the molecule is CC[C@H]1OC(=O)[C@H](C)[C@@H](O[C@H]2CC(C)(OC)[C@@H](O)C(C)O2)[C@H](C)[C@@H](O[C@@H]2OC(C)CC(N(C)C)C2O)[C@](C)(OC)C[C@@H](C)C(=O)[C@H](C)C(O)[C@]1(C)O. The third-order valence-corrected chi connectivity index (χ3v) is 12.3. The number of nitrogens with zero attached hydrogens (tertiary/aromatic N) is 1. The van der Waals surface area contributed by atoms with Crippen LogP contribution in [0.1, 0.15) is 94.9 Å². The summed E-state index contributed by atoms with van der Waals surface area (Å²) in [4.78, 5) is 30.1. The number of esters is 1. The molecule has 4 N–H and O–H groups in total. The molecule has 3 saturated heterocycles. The van der Waals surface area contributed by atoms with Gasteiger partial charge in [-0.15, -0.1) is 0 Å². The summed E-state index contributed by atoms with van der Waals surface area (Å²) in [5, 5.41) is 45.6. The lowest BCUT2D eigenvalue weighted by atomic mass is 9.74. The Hall–Kier alpha value is -1.30. The highest BCUT2D eigenvalue weighted by Crippen LogP contribution is 2.41. The average molecular weight is 748 g/mol. The highest BCUT2D eigenvalue weighted by molar-refractivity contribution is 5.83. The molecule has 14 nitrogen and oxygen atoms in total. The third-order valence-electron chi connectivity index (χ3n) is 12.3. The number of aliphatic hydroxyl groups excluding tert-OH is 3. The zero-order valence-corrected chi connectivity index (χ0v) is 33.9. The summed E-state index contributed by atoms with van der Waals surface area (Å²) in [5.74, 6) is -4.47. The molecule has 0 bridgehead atoms. The maximum atomic E-state index is 14.2. The van der Waals surface area contributed by atoms with E-state index in [1.165, 1.54) is 21.1 Å². The van der Waals surface area contributed by atoms with Gasteiger partial charge in [-0.3, -0.25) is 9.59 Å². The molecule has 3 fully saturated rings. The van der Waals surface area contributed by atoms with Crippen molar-refractivity contribution < 1.29 is 63.2 Å². The normalized spacial score (nSPS) is 49.0. The first-order chi connectivity index (χ1) is 24.0. The molecule has 18 atom stereocenters. The van der Waals surface area contributed by atoms with E-state index in [1.807, 2.05) is 32.8 Å². The molecular formula is C38H69NO13. The fourth-order valence-electron chi connectivity index (χ4n) is 8.58. The maximum Gasteiger partial charge on any atom is 0.311 e. The zero-order chi connectivity index (χ0) is 39.7. The molecule has 52 heavy (non-hydrogen) atoms. The van der Waals surface area contributed by atoms with Crippen LogP contribution in [0.3, 0.4) is 0 Å². The predicted octanol–water partition coefficient (Wildman–Crippen LogP) is 2.44. The van der Waals surface area contributed by atoms with E-state index >= 15 is 0 Å². The number of aliphatic hydroxyl groups is 4. The lowest BCUT2D eigenvalue weighted by Gasteiger charge is -2.50. The van der Waals surface area contributed by atoms with E-state index in [9.17, 15) is 30.0 Å². The van der Waals surface area contributed by atoms with Crippen LogP contribution in [0, 0.1) is 23.7 Å². The van der Waals surface area contributed by atoms with Gasteiger partial charge in [-0.1, -0.05) is 27.7 Å². The minimum atomic E-state index is -1.96. The van der Waals surface area contributed by atoms with Gasteiger partial charge < -0.3 is 58.5 Å². The minimum absolute atomic E-state index is 0.111. The number of hydrogen-bond acceptors (Lipinski definition) is 14. The van der Waals surface area contributed by atoms with Crippen LogP contribution in [0.15, 0.2) is 0 Å². The number of ether oxygens (including phenoxy) is 7. The van der Waals surface area contributed by atoms with E-state index in [0.29, 0.717) is 6.42 Å². The van der Waals surface area contributed by atoms with Crippen molar-refractivity contribution in [2.75, 3.05) is 28.3 Å². The second-order valence-corrected chi connectivity index (χ2v) is 16.6. The Morgan fingerprint density at radius 3 is 1.98 bits per heavy atom. The molecule has 304 valence electrons. The summed E-state index contributed by atoms with van der Waals surface area (Å²) >= 11 is 0. The monoisotopic (exact) mass is 747 g/mol. The van der Waals surface area contributed by atoms with Crippen LogP contribution in [-0.2, 0) is 42.7 Å². The van der Waals surface area contributed by atoms with Crippen LogP contribution in [-0.4, -0.2) is 150 Å². The second-order valence-electron chi connectivity index (χ2n) is 16.6. The third kappa shape index (κ3) is 9.38. The molecule has 0 aromatic heterocycles. The van der Waals surface area contributed by atoms with Gasteiger partial charge in [0.05, 0.1) is 47.6 Å². The molecule has 0 amide bonds. The highest BCUT2D eigenvalue weighted by Gasteiger charge is 2.54. The molecule has 3 aliphatic rings. The molecule has 0 aliphatic carbocycles. The lowest BCUT2D eigenvalue weighted by Crippen LogP contribution is -2.61. The van der Waals surface area contributed by atoms with Crippen molar-refractivity contribution in [1.82, 2.24) is 4.90 Å². The van der Waals surface area contributed by atoms with E-state index in [1.54, 1.807) is 48.5 Å². The largest absolute Gasteiger partial charge is 0.459 e. The highest BCUT2D eigenvalue weighted by atomic mass is 16.7. The van der Waals surface area contributed by atoms with Crippen molar-refractivity contribution in [1.29, 1.82) is 0 Å². The van der Waals surface area contributed by atoms with Crippen LogP contribution in [0.2, 0.25) is 0 Å². The van der Waals surface area contributed by atoms with Crippen molar-refractivity contribution in [3.05, 3.63) is 0 Å². The molecule has 3 rings (SSSR count). The van der Waals surface area contributed by atoms with Crippen molar-refractivity contribution in [3.63, 3.8) is 0 Å². The van der Waals surface area contributed by atoms with Gasteiger partial charge in [0, 0.05) is 44.4 Å². The molecular weight excluding hydrogens is 678 g/mol. The Morgan fingerprint density at radius 2 is 1.44 bits per heavy atom. The average Bonchev–Trinajstić information content (AvgIpc) is 3.09. The first-order valence-corrected chi connectivity index (χ1v) is 18.9. The molecule has 0 saturated carbocycles. The fourth-order valence-corrected chi connectivity index (χ4v) is 8.58. The summed E-state index contributed by atoms with van der Waals surface area (Å²) in [6, 6.07) is -0.283. The van der Waals surface area contributed by atoms with Gasteiger partial charge in [-0.25, -0.2) is 0 Å². The Balaban J connectivity index is 2.22. The Bertz CT molecular complexity index is 1190. The van der Waals surface area contributed by atoms with E-state index in [4.69, 9.17) is 33.2 Å². The number of methoxy groups -OCH3 is 2. The second kappa shape index (κ2) is 17.7. The van der Waals surface area contributed by atoms with Crippen molar-refractivity contribution >= 4 is 11.8 Å². The Kier molecular flexibility index (Phi) is 15.3.